The van der Waals surface area contributed by atoms with Crippen molar-refractivity contribution in [3.63, 3.8) is 0 Å². The third kappa shape index (κ3) is 5.73. The molecule has 26 heavy (non-hydrogen) atoms. The van der Waals surface area contributed by atoms with Gasteiger partial charge in [-0.1, -0.05) is 50.1 Å². The van der Waals surface area contributed by atoms with Gasteiger partial charge in [-0.05, 0) is 36.2 Å². The van der Waals surface area contributed by atoms with Gasteiger partial charge in [0.05, 0.1) is 16.6 Å². The van der Waals surface area contributed by atoms with Crippen LogP contribution < -0.4 is 16.4 Å². The maximum Gasteiger partial charge on any atom is 0.257 e. The lowest BCUT2D eigenvalue weighted by Crippen LogP contribution is -2.40. The number of hydrogen-bond donors (Lipinski definition) is 3. The summed E-state index contributed by atoms with van der Waals surface area (Å²) in [5.74, 6) is -0.572. The monoisotopic (exact) mass is 395 g/mol. The Balaban J connectivity index is 0.00000338. The summed E-state index contributed by atoms with van der Waals surface area (Å²) >= 11 is 6.13. The second-order valence-corrected chi connectivity index (χ2v) is 6.32. The molecule has 2 aromatic rings. The minimum absolute atomic E-state index is 0. The Morgan fingerprint density at radius 3 is 2.35 bits per heavy atom. The summed E-state index contributed by atoms with van der Waals surface area (Å²) in [7, 11) is 0. The molecule has 4 N–H and O–H groups in total. The molecule has 140 valence electrons. The van der Waals surface area contributed by atoms with Gasteiger partial charge in [-0.25, -0.2) is 0 Å². The molecule has 0 radical (unpaired) electrons. The average Bonchev–Trinajstić information content (AvgIpc) is 2.62. The summed E-state index contributed by atoms with van der Waals surface area (Å²) in [5, 5.41) is 5.81. The first-order valence-corrected chi connectivity index (χ1v) is 8.52. The Labute approximate surface area is 164 Å². The van der Waals surface area contributed by atoms with Crippen LogP contribution in [-0.4, -0.2) is 17.9 Å². The lowest BCUT2D eigenvalue weighted by molar-refractivity contribution is -0.118. The van der Waals surface area contributed by atoms with Crippen molar-refractivity contribution in [1.82, 2.24) is 0 Å². The minimum atomic E-state index is -0.609. The van der Waals surface area contributed by atoms with Crippen molar-refractivity contribution in [3.8, 4) is 0 Å². The SMILES string of the molecule is CCC(C)C(N)C(=O)Nc1ccc(Cl)c(C(=O)Nc2ccccc2)c1.Cl. The van der Waals surface area contributed by atoms with Gasteiger partial charge in [0, 0.05) is 11.4 Å². The number of amides is 2. The molecule has 2 aromatic carbocycles. The van der Waals surface area contributed by atoms with Crippen molar-refractivity contribution in [2.75, 3.05) is 10.6 Å². The summed E-state index contributed by atoms with van der Waals surface area (Å²) in [5.41, 5.74) is 7.35. The van der Waals surface area contributed by atoms with Crippen molar-refractivity contribution in [1.29, 1.82) is 0 Å². The second kappa shape index (κ2) is 10.2. The highest BCUT2D eigenvalue weighted by atomic mass is 35.5. The summed E-state index contributed by atoms with van der Waals surface area (Å²) in [6, 6.07) is 13.2. The molecule has 5 nitrogen and oxygen atoms in total. The van der Waals surface area contributed by atoms with Gasteiger partial charge in [-0.3, -0.25) is 9.59 Å². The van der Waals surface area contributed by atoms with Gasteiger partial charge in [-0.15, -0.1) is 12.4 Å². The summed E-state index contributed by atoms with van der Waals surface area (Å²) in [6.45, 7) is 3.90. The van der Waals surface area contributed by atoms with E-state index < -0.39 is 6.04 Å². The van der Waals surface area contributed by atoms with Gasteiger partial charge >= 0.3 is 0 Å². The number of hydrogen-bond acceptors (Lipinski definition) is 3. The fourth-order valence-electron chi connectivity index (χ4n) is 2.23. The number of anilines is 2. The predicted molar refractivity (Wildman–Crippen MR) is 109 cm³/mol. The fraction of sp³-hybridized carbons (Fsp3) is 0.263. The van der Waals surface area contributed by atoms with Crippen molar-refractivity contribution >= 4 is 47.2 Å². The van der Waals surface area contributed by atoms with Crippen LogP contribution in [0.5, 0.6) is 0 Å². The van der Waals surface area contributed by atoms with E-state index in [1.54, 1.807) is 30.3 Å². The molecule has 0 bridgehead atoms. The van der Waals surface area contributed by atoms with Crippen LogP contribution in [0.2, 0.25) is 5.02 Å². The molecule has 0 aromatic heterocycles. The molecule has 0 spiro atoms. The number of rotatable bonds is 6. The van der Waals surface area contributed by atoms with Gasteiger partial charge in [-0.2, -0.15) is 0 Å². The van der Waals surface area contributed by atoms with Gasteiger partial charge < -0.3 is 16.4 Å². The van der Waals surface area contributed by atoms with Crippen LogP contribution in [0, 0.1) is 5.92 Å². The molecule has 0 aliphatic heterocycles. The molecule has 7 heteroatoms. The molecule has 2 unspecified atom stereocenters. The molecule has 0 saturated heterocycles. The first kappa shape index (κ1) is 22.0. The zero-order chi connectivity index (χ0) is 18.4. The number of halogens is 2. The highest BCUT2D eigenvalue weighted by Gasteiger charge is 2.20. The van der Waals surface area contributed by atoms with Crippen molar-refractivity contribution in [3.05, 3.63) is 59.1 Å². The molecule has 0 fully saturated rings. The number of benzene rings is 2. The molecule has 2 amide bonds. The standard InChI is InChI=1S/C19H22ClN3O2.ClH/c1-3-12(2)17(21)19(25)23-14-9-10-16(20)15(11-14)18(24)22-13-7-5-4-6-8-13;/h4-12,17H,3,21H2,1-2H3,(H,22,24)(H,23,25);1H. The molecule has 0 aliphatic carbocycles. The van der Waals surface area contributed by atoms with Crippen molar-refractivity contribution in [2.45, 2.75) is 26.3 Å². The van der Waals surface area contributed by atoms with Crippen molar-refractivity contribution in [2.24, 2.45) is 11.7 Å². The van der Waals surface area contributed by atoms with E-state index in [4.69, 9.17) is 17.3 Å². The van der Waals surface area contributed by atoms with E-state index in [0.29, 0.717) is 16.4 Å². The van der Waals surface area contributed by atoms with E-state index in [9.17, 15) is 9.59 Å². The number of nitrogens with one attached hydrogen (secondary N) is 2. The quantitative estimate of drug-likeness (QED) is 0.680. The van der Waals surface area contributed by atoms with Crippen LogP contribution >= 0.6 is 24.0 Å². The van der Waals surface area contributed by atoms with Gasteiger partial charge in [0.15, 0.2) is 0 Å². The van der Waals surface area contributed by atoms with Crippen LogP contribution in [-0.2, 0) is 4.79 Å². The van der Waals surface area contributed by atoms with E-state index in [1.807, 2.05) is 32.0 Å². The smallest absolute Gasteiger partial charge is 0.257 e. The van der Waals surface area contributed by atoms with E-state index in [-0.39, 0.29) is 35.7 Å². The van der Waals surface area contributed by atoms with Crippen LogP contribution in [0.4, 0.5) is 11.4 Å². The van der Waals surface area contributed by atoms with E-state index in [1.165, 1.54) is 0 Å². The molecular weight excluding hydrogens is 373 g/mol. The summed E-state index contributed by atoms with van der Waals surface area (Å²) < 4.78 is 0. The minimum Gasteiger partial charge on any atom is -0.325 e. The molecule has 0 heterocycles. The van der Waals surface area contributed by atoms with Crippen LogP contribution in [0.25, 0.3) is 0 Å². The average molecular weight is 396 g/mol. The highest BCUT2D eigenvalue weighted by Crippen LogP contribution is 2.22. The topological polar surface area (TPSA) is 84.2 Å². The van der Waals surface area contributed by atoms with E-state index >= 15 is 0 Å². The zero-order valence-corrected chi connectivity index (χ0v) is 16.2. The second-order valence-electron chi connectivity index (χ2n) is 5.92. The van der Waals surface area contributed by atoms with E-state index in [0.717, 1.165) is 6.42 Å². The van der Waals surface area contributed by atoms with Crippen LogP contribution in [0.1, 0.15) is 30.6 Å². The Morgan fingerprint density at radius 2 is 1.73 bits per heavy atom. The fourth-order valence-corrected chi connectivity index (χ4v) is 2.44. The van der Waals surface area contributed by atoms with Gasteiger partial charge in [0.25, 0.3) is 5.91 Å². The zero-order valence-electron chi connectivity index (χ0n) is 14.7. The maximum atomic E-state index is 12.4. The normalized spacial score (nSPS) is 12.5. The Bertz CT molecular complexity index is 754. The largest absolute Gasteiger partial charge is 0.325 e. The highest BCUT2D eigenvalue weighted by molar-refractivity contribution is 6.34. The summed E-state index contributed by atoms with van der Waals surface area (Å²) in [6.07, 6.45) is 0.805. The third-order valence-electron chi connectivity index (χ3n) is 4.07. The van der Waals surface area contributed by atoms with E-state index in [2.05, 4.69) is 10.6 Å². The van der Waals surface area contributed by atoms with Crippen LogP contribution in [0.3, 0.4) is 0 Å². The van der Waals surface area contributed by atoms with Crippen LogP contribution in [0.15, 0.2) is 48.5 Å². The lowest BCUT2D eigenvalue weighted by atomic mass is 9.99. The Hall–Kier alpha value is -2.08. The van der Waals surface area contributed by atoms with Crippen molar-refractivity contribution < 1.29 is 9.59 Å². The van der Waals surface area contributed by atoms with Gasteiger partial charge in [0.1, 0.15) is 0 Å². The first-order valence-electron chi connectivity index (χ1n) is 8.14. The first-order chi connectivity index (χ1) is 11.9. The Morgan fingerprint density at radius 1 is 1.08 bits per heavy atom. The number of nitrogens with two attached hydrogens (primary N) is 1. The molecule has 0 aliphatic rings. The third-order valence-corrected chi connectivity index (χ3v) is 4.40. The van der Waals surface area contributed by atoms with Gasteiger partial charge in [0.2, 0.25) is 5.91 Å². The molecule has 0 saturated carbocycles. The lowest BCUT2D eigenvalue weighted by Gasteiger charge is -2.18. The number of carbonyl (C=O) groups excluding carboxylic acids is 2. The molecular formula is C19H23Cl2N3O2. The molecule has 2 rings (SSSR count). The predicted octanol–water partition coefficient (Wildman–Crippen LogP) is 4.33. The number of carbonyl (C=O) groups is 2. The maximum absolute atomic E-state index is 12.4. The summed E-state index contributed by atoms with van der Waals surface area (Å²) in [4.78, 5) is 24.6. The number of para-hydroxylation sites is 1. The molecule has 2 atom stereocenters. The Kier molecular flexibility index (Phi) is 8.58.